The molecule has 0 saturated heterocycles. The van der Waals surface area contributed by atoms with Gasteiger partial charge in [-0.1, -0.05) is 43.3 Å². The highest BCUT2D eigenvalue weighted by Crippen LogP contribution is 2.25. The van der Waals surface area contributed by atoms with Gasteiger partial charge in [0, 0.05) is 30.9 Å². The van der Waals surface area contributed by atoms with Crippen LogP contribution in [0.5, 0.6) is 0 Å². The number of nitrogens with zero attached hydrogens (tertiary/aromatic N) is 3. The molecule has 1 atom stereocenters. The smallest absolute Gasteiger partial charge is 0.167 e. The van der Waals surface area contributed by atoms with Crippen molar-refractivity contribution in [2.45, 2.75) is 25.8 Å². The number of aromatic nitrogens is 2. The SMILES string of the molecule is C[C@H](CC(=O)c1cc(C#N)cnc1NCc1ccc(-c2ccc(N)nc2)cc1)c1ccc(F)cc1. The predicted molar refractivity (Wildman–Crippen MR) is 134 cm³/mol. The van der Waals surface area contributed by atoms with Gasteiger partial charge in [-0.2, -0.15) is 5.26 Å². The van der Waals surface area contributed by atoms with E-state index in [-0.39, 0.29) is 23.9 Å². The van der Waals surface area contributed by atoms with Crippen molar-refractivity contribution in [3.63, 3.8) is 0 Å². The number of ketones is 1. The zero-order chi connectivity index (χ0) is 24.8. The lowest BCUT2D eigenvalue weighted by molar-refractivity contribution is 0.0976. The number of carbonyl (C=O) groups is 1. The van der Waals surface area contributed by atoms with Crippen molar-refractivity contribution in [1.29, 1.82) is 5.26 Å². The summed E-state index contributed by atoms with van der Waals surface area (Å²) in [7, 11) is 0. The summed E-state index contributed by atoms with van der Waals surface area (Å²) in [5, 5.41) is 12.5. The number of nitrogens with two attached hydrogens (primary N) is 1. The number of nitrogen functional groups attached to an aromatic ring is 1. The molecule has 2 heterocycles. The minimum absolute atomic E-state index is 0.114. The fraction of sp³-hybridized carbons (Fsp3) is 0.143. The number of pyridine rings is 2. The highest BCUT2D eigenvalue weighted by Gasteiger charge is 2.18. The lowest BCUT2D eigenvalue weighted by Gasteiger charge is -2.14. The van der Waals surface area contributed by atoms with E-state index in [1.807, 2.05) is 43.3 Å². The van der Waals surface area contributed by atoms with Crippen molar-refractivity contribution in [1.82, 2.24) is 9.97 Å². The van der Waals surface area contributed by atoms with Crippen LogP contribution in [0.1, 0.15) is 46.3 Å². The van der Waals surface area contributed by atoms with Gasteiger partial charge in [0.2, 0.25) is 0 Å². The van der Waals surface area contributed by atoms with E-state index in [0.717, 1.165) is 22.3 Å². The number of benzene rings is 2. The summed E-state index contributed by atoms with van der Waals surface area (Å²) in [6, 6.07) is 21.4. The van der Waals surface area contributed by atoms with Gasteiger partial charge in [0.1, 0.15) is 23.5 Å². The normalized spacial score (nSPS) is 11.5. The number of nitrogens with one attached hydrogen (secondary N) is 1. The first-order valence-corrected chi connectivity index (χ1v) is 11.2. The molecule has 0 aliphatic rings. The summed E-state index contributed by atoms with van der Waals surface area (Å²) >= 11 is 0. The van der Waals surface area contributed by atoms with Crippen molar-refractivity contribution in [3.05, 3.63) is 107 Å². The van der Waals surface area contributed by atoms with Gasteiger partial charge in [-0.15, -0.1) is 0 Å². The van der Waals surface area contributed by atoms with Gasteiger partial charge in [-0.05, 0) is 52.9 Å². The van der Waals surface area contributed by atoms with E-state index in [9.17, 15) is 14.4 Å². The van der Waals surface area contributed by atoms with E-state index in [1.165, 1.54) is 18.3 Å². The van der Waals surface area contributed by atoms with Crippen LogP contribution in [0.3, 0.4) is 0 Å². The maximum atomic E-state index is 13.2. The van der Waals surface area contributed by atoms with E-state index >= 15 is 0 Å². The standard InChI is InChI=1S/C28H24FN5O/c1-18(21-6-9-24(29)10-7-21)12-26(35)25-13-20(14-30)16-34-28(25)33-15-19-2-4-22(5-3-19)23-8-11-27(31)32-17-23/h2-11,13,16-18H,12,15H2,1H3,(H2,31,32)(H,33,34)/t18-/m1/s1. The Kier molecular flexibility index (Phi) is 7.12. The number of hydrogen-bond acceptors (Lipinski definition) is 6. The van der Waals surface area contributed by atoms with Crippen LogP contribution in [-0.4, -0.2) is 15.8 Å². The summed E-state index contributed by atoms with van der Waals surface area (Å²) in [4.78, 5) is 21.6. The zero-order valence-electron chi connectivity index (χ0n) is 19.2. The van der Waals surface area contributed by atoms with Crippen LogP contribution in [0, 0.1) is 17.1 Å². The molecule has 0 bridgehead atoms. The molecule has 0 spiro atoms. The first-order chi connectivity index (χ1) is 16.9. The molecule has 4 aromatic rings. The fourth-order valence-electron chi connectivity index (χ4n) is 3.75. The highest BCUT2D eigenvalue weighted by atomic mass is 19.1. The Morgan fingerprint density at radius 2 is 1.74 bits per heavy atom. The Morgan fingerprint density at radius 3 is 2.40 bits per heavy atom. The number of nitriles is 1. The minimum Gasteiger partial charge on any atom is -0.384 e. The topological polar surface area (TPSA) is 105 Å². The van der Waals surface area contributed by atoms with Gasteiger partial charge in [0.05, 0.1) is 11.1 Å². The summed E-state index contributed by atoms with van der Waals surface area (Å²) in [6.45, 7) is 2.37. The molecular weight excluding hydrogens is 441 g/mol. The molecule has 0 aliphatic carbocycles. The molecule has 0 radical (unpaired) electrons. The second-order valence-electron chi connectivity index (χ2n) is 8.33. The molecule has 0 aliphatic heterocycles. The molecule has 35 heavy (non-hydrogen) atoms. The maximum absolute atomic E-state index is 13.2. The molecule has 0 saturated carbocycles. The molecular formula is C28H24FN5O. The van der Waals surface area contributed by atoms with Crippen molar-refractivity contribution in [2.75, 3.05) is 11.1 Å². The molecule has 0 amide bonds. The van der Waals surface area contributed by atoms with Crippen LogP contribution in [-0.2, 0) is 6.54 Å². The number of rotatable bonds is 8. The number of halogens is 1. The Balaban J connectivity index is 1.48. The van der Waals surface area contributed by atoms with Gasteiger partial charge in [-0.25, -0.2) is 14.4 Å². The van der Waals surface area contributed by atoms with Crippen molar-refractivity contribution in [3.8, 4) is 17.2 Å². The van der Waals surface area contributed by atoms with Crippen LogP contribution >= 0.6 is 0 Å². The molecule has 3 N–H and O–H groups in total. The molecule has 4 rings (SSSR count). The number of anilines is 2. The van der Waals surface area contributed by atoms with Gasteiger partial charge < -0.3 is 11.1 Å². The monoisotopic (exact) mass is 465 g/mol. The van der Waals surface area contributed by atoms with Crippen LogP contribution in [0.25, 0.3) is 11.1 Å². The first kappa shape index (κ1) is 23.6. The summed E-state index contributed by atoms with van der Waals surface area (Å²) in [5.74, 6) is 0.328. The Bertz CT molecular complexity index is 1360. The first-order valence-electron chi connectivity index (χ1n) is 11.2. The van der Waals surface area contributed by atoms with Crippen LogP contribution in [0.15, 0.2) is 79.1 Å². The number of Topliss-reactive ketones (excluding diaryl/α,β-unsaturated/α-hetero) is 1. The van der Waals surface area contributed by atoms with Crippen molar-refractivity contribution >= 4 is 17.4 Å². The Labute approximate surface area is 203 Å². The van der Waals surface area contributed by atoms with E-state index in [4.69, 9.17) is 5.73 Å². The van der Waals surface area contributed by atoms with Gasteiger partial charge in [-0.3, -0.25) is 4.79 Å². The van der Waals surface area contributed by atoms with Crippen molar-refractivity contribution < 1.29 is 9.18 Å². The second kappa shape index (κ2) is 10.6. The lowest BCUT2D eigenvalue weighted by atomic mass is 9.93. The van der Waals surface area contributed by atoms with Gasteiger partial charge >= 0.3 is 0 Å². The van der Waals surface area contributed by atoms with E-state index < -0.39 is 0 Å². The number of hydrogen-bond donors (Lipinski definition) is 2. The Hall–Kier alpha value is -4.57. The lowest BCUT2D eigenvalue weighted by Crippen LogP contribution is -2.11. The minimum atomic E-state index is -0.317. The largest absolute Gasteiger partial charge is 0.384 e. The fourth-order valence-corrected chi connectivity index (χ4v) is 3.75. The third kappa shape index (κ3) is 5.87. The molecule has 7 heteroatoms. The van der Waals surface area contributed by atoms with Gasteiger partial charge in [0.25, 0.3) is 0 Å². The van der Waals surface area contributed by atoms with E-state index in [1.54, 1.807) is 30.5 Å². The third-order valence-electron chi connectivity index (χ3n) is 5.78. The number of carbonyl (C=O) groups excluding carboxylic acids is 1. The van der Waals surface area contributed by atoms with Crippen LogP contribution < -0.4 is 11.1 Å². The highest BCUT2D eigenvalue weighted by molar-refractivity contribution is 6.01. The third-order valence-corrected chi connectivity index (χ3v) is 5.78. The van der Waals surface area contributed by atoms with E-state index in [2.05, 4.69) is 15.3 Å². The predicted octanol–water partition coefficient (Wildman–Crippen LogP) is 5.73. The van der Waals surface area contributed by atoms with Crippen LogP contribution in [0.2, 0.25) is 0 Å². The average molecular weight is 466 g/mol. The molecule has 0 unspecified atom stereocenters. The average Bonchev–Trinajstić information content (AvgIpc) is 2.88. The summed E-state index contributed by atoms with van der Waals surface area (Å²) in [5.41, 5.74) is 10.2. The summed E-state index contributed by atoms with van der Waals surface area (Å²) in [6.07, 6.45) is 3.38. The zero-order valence-corrected chi connectivity index (χ0v) is 19.2. The van der Waals surface area contributed by atoms with Crippen molar-refractivity contribution in [2.24, 2.45) is 0 Å². The molecule has 0 fully saturated rings. The Morgan fingerprint density at radius 1 is 1.03 bits per heavy atom. The van der Waals surface area contributed by atoms with Gasteiger partial charge in [0.15, 0.2) is 5.78 Å². The van der Waals surface area contributed by atoms with E-state index in [0.29, 0.717) is 29.3 Å². The molecule has 2 aromatic carbocycles. The van der Waals surface area contributed by atoms with Crippen LogP contribution in [0.4, 0.5) is 16.0 Å². The molecule has 174 valence electrons. The maximum Gasteiger partial charge on any atom is 0.167 e. The molecule has 2 aromatic heterocycles. The summed E-state index contributed by atoms with van der Waals surface area (Å²) < 4.78 is 13.2. The quantitative estimate of drug-likeness (QED) is 0.322. The molecule has 6 nitrogen and oxygen atoms in total. The second-order valence-corrected chi connectivity index (χ2v) is 8.33.